The summed E-state index contributed by atoms with van der Waals surface area (Å²) in [6, 6.07) is 4.90. The van der Waals surface area contributed by atoms with Crippen LogP contribution in [-0.2, 0) is 22.6 Å². The van der Waals surface area contributed by atoms with Gasteiger partial charge in [-0.3, -0.25) is 4.90 Å². The number of allylic oxidation sites excluding steroid dienone is 1. The highest BCUT2D eigenvalue weighted by molar-refractivity contribution is 8.05. The number of rotatable bonds is 5. The maximum absolute atomic E-state index is 14.6. The number of fused-ring (bicyclic) bond motifs is 2. The van der Waals surface area contributed by atoms with Gasteiger partial charge in [-0.25, -0.2) is 17.9 Å². The van der Waals surface area contributed by atoms with Crippen LogP contribution in [0.5, 0.6) is 0 Å². The first-order valence-electron chi connectivity index (χ1n) is 11.3. The second-order valence-electron chi connectivity index (χ2n) is 9.29. The zero-order valence-electron chi connectivity index (χ0n) is 19.1. The van der Waals surface area contributed by atoms with Crippen LogP contribution < -0.4 is 0 Å². The van der Waals surface area contributed by atoms with Gasteiger partial charge in [-0.05, 0) is 31.9 Å². The number of piperidine rings is 1. The number of hydrogen-bond acceptors (Lipinski definition) is 5. The summed E-state index contributed by atoms with van der Waals surface area (Å²) < 4.78 is 56.6. The molecule has 2 fully saturated rings. The van der Waals surface area contributed by atoms with E-state index < -0.39 is 24.0 Å². The molecular formula is C24H27ClF3N3O2S. The van der Waals surface area contributed by atoms with Crippen molar-refractivity contribution in [1.29, 1.82) is 0 Å². The van der Waals surface area contributed by atoms with Gasteiger partial charge in [0.05, 0.1) is 33.4 Å². The molecule has 0 bridgehead atoms. The lowest BCUT2D eigenvalue weighted by molar-refractivity contribution is -0.215. The number of nitrogens with zero attached hydrogens (tertiary/aromatic N) is 3. The van der Waals surface area contributed by atoms with Gasteiger partial charge < -0.3 is 9.47 Å². The second-order valence-corrected chi connectivity index (χ2v) is 11.1. The van der Waals surface area contributed by atoms with Crippen molar-refractivity contribution in [1.82, 2.24) is 14.7 Å². The van der Waals surface area contributed by atoms with Gasteiger partial charge in [0, 0.05) is 44.1 Å². The van der Waals surface area contributed by atoms with E-state index >= 15 is 0 Å². The van der Waals surface area contributed by atoms with Crippen LogP contribution in [0.2, 0.25) is 0 Å². The van der Waals surface area contributed by atoms with Crippen molar-refractivity contribution < 1.29 is 22.6 Å². The highest BCUT2D eigenvalue weighted by atomic mass is 35.5. The quantitative estimate of drug-likeness (QED) is 0.544. The van der Waals surface area contributed by atoms with Gasteiger partial charge in [-0.2, -0.15) is 5.10 Å². The Balaban J connectivity index is 1.29. The number of hydrogen-bond donors (Lipinski definition) is 0. The van der Waals surface area contributed by atoms with Gasteiger partial charge in [0.2, 0.25) is 0 Å². The Bertz CT molecular complexity index is 1100. The number of halogens is 4. The van der Waals surface area contributed by atoms with Crippen molar-refractivity contribution in [3.8, 4) is 5.69 Å². The molecule has 2 saturated heterocycles. The van der Waals surface area contributed by atoms with Crippen LogP contribution in [0.25, 0.3) is 5.69 Å². The first-order valence-corrected chi connectivity index (χ1v) is 12.6. The van der Waals surface area contributed by atoms with Gasteiger partial charge in [0.15, 0.2) is 0 Å². The molecular weight excluding hydrogens is 487 g/mol. The second kappa shape index (κ2) is 9.17. The molecule has 0 saturated carbocycles. The summed E-state index contributed by atoms with van der Waals surface area (Å²) in [5.41, 5.74) is 2.33. The molecule has 5 nitrogen and oxygen atoms in total. The molecule has 10 heteroatoms. The molecule has 184 valence electrons. The Morgan fingerprint density at radius 3 is 2.76 bits per heavy atom. The van der Waals surface area contributed by atoms with Gasteiger partial charge in [0.1, 0.15) is 18.1 Å². The Hall–Kier alpha value is -1.52. The summed E-state index contributed by atoms with van der Waals surface area (Å²) >= 11 is 7.46. The molecule has 1 spiro atoms. The van der Waals surface area contributed by atoms with Crippen LogP contribution >= 0.6 is 23.4 Å². The van der Waals surface area contributed by atoms with E-state index in [1.54, 1.807) is 17.9 Å². The number of benzene rings is 1. The standard InChI is InChI=1S/C24H27ClF3N3O2S/c1-15-17(12-31(29-15)21-16(13-32-2)4-3-5-19(21)26)11-30-8-6-23(7-9-30)22-18(10-20(25)34-22)24(27,28)14-33-23/h3-5,10,12,18,22H,6-9,11,13-14H2,1-2H3. The number of aryl methyl sites for hydroxylation is 1. The van der Waals surface area contributed by atoms with Crippen molar-refractivity contribution in [2.24, 2.45) is 5.92 Å². The zero-order valence-corrected chi connectivity index (χ0v) is 20.6. The Labute approximate surface area is 206 Å². The molecule has 0 N–H and O–H groups in total. The molecule has 4 heterocycles. The maximum Gasteiger partial charge on any atom is 0.278 e. The first kappa shape index (κ1) is 24.2. The van der Waals surface area contributed by atoms with Crippen LogP contribution in [0.3, 0.4) is 0 Å². The molecule has 2 atom stereocenters. The fourth-order valence-electron chi connectivity index (χ4n) is 5.27. The van der Waals surface area contributed by atoms with Crippen molar-refractivity contribution in [2.45, 2.75) is 49.7 Å². The smallest absolute Gasteiger partial charge is 0.278 e. The fraction of sp³-hybridized carbons (Fsp3) is 0.542. The lowest BCUT2D eigenvalue weighted by Crippen LogP contribution is -2.61. The lowest BCUT2D eigenvalue weighted by atomic mass is 9.77. The van der Waals surface area contributed by atoms with Gasteiger partial charge in [0.25, 0.3) is 5.92 Å². The van der Waals surface area contributed by atoms with E-state index in [2.05, 4.69) is 10.00 Å². The number of likely N-dealkylation sites (tertiary alicyclic amines) is 1. The van der Waals surface area contributed by atoms with Crippen LogP contribution in [0.4, 0.5) is 13.2 Å². The molecule has 1 aromatic heterocycles. The normalized spacial score (nSPS) is 26.0. The Morgan fingerprint density at radius 1 is 1.26 bits per heavy atom. The van der Waals surface area contributed by atoms with E-state index in [0.717, 1.165) is 16.8 Å². The minimum atomic E-state index is -2.89. The summed E-state index contributed by atoms with van der Waals surface area (Å²) in [5, 5.41) is 4.20. The highest BCUT2D eigenvalue weighted by Gasteiger charge is 2.60. The maximum atomic E-state index is 14.6. The Morgan fingerprint density at radius 2 is 2.03 bits per heavy atom. The number of methoxy groups -OCH3 is 1. The lowest BCUT2D eigenvalue weighted by Gasteiger charge is -2.51. The highest BCUT2D eigenvalue weighted by Crippen LogP contribution is 2.56. The third-order valence-corrected chi connectivity index (χ3v) is 8.86. The summed E-state index contributed by atoms with van der Waals surface area (Å²) in [6.07, 6.45) is 4.69. The van der Waals surface area contributed by atoms with Crippen molar-refractivity contribution in [3.05, 3.63) is 57.5 Å². The predicted octanol–water partition coefficient (Wildman–Crippen LogP) is 5.28. The van der Waals surface area contributed by atoms with E-state index in [1.807, 2.05) is 19.2 Å². The summed E-state index contributed by atoms with van der Waals surface area (Å²) in [4.78, 5) is 2.27. The van der Waals surface area contributed by atoms with E-state index in [0.29, 0.717) is 42.5 Å². The van der Waals surface area contributed by atoms with Gasteiger partial charge in [-0.15, -0.1) is 11.8 Å². The largest absolute Gasteiger partial charge is 0.380 e. The third-order valence-electron chi connectivity index (χ3n) is 7.13. The molecule has 1 aromatic carbocycles. The number of para-hydroxylation sites is 1. The monoisotopic (exact) mass is 513 g/mol. The molecule has 2 aromatic rings. The average Bonchev–Trinajstić information content (AvgIpc) is 3.37. The zero-order chi connectivity index (χ0) is 24.1. The van der Waals surface area contributed by atoms with E-state index in [4.69, 9.17) is 21.1 Å². The minimum Gasteiger partial charge on any atom is -0.380 e. The third kappa shape index (κ3) is 4.30. The van der Waals surface area contributed by atoms with E-state index in [9.17, 15) is 13.2 Å². The molecule has 0 amide bonds. The van der Waals surface area contributed by atoms with Gasteiger partial charge in [-0.1, -0.05) is 23.7 Å². The molecule has 0 aliphatic carbocycles. The van der Waals surface area contributed by atoms with E-state index in [1.165, 1.54) is 23.9 Å². The van der Waals surface area contributed by atoms with E-state index in [-0.39, 0.29) is 17.7 Å². The summed E-state index contributed by atoms with van der Waals surface area (Å²) in [7, 11) is 1.57. The van der Waals surface area contributed by atoms with Gasteiger partial charge >= 0.3 is 0 Å². The summed E-state index contributed by atoms with van der Waals surface area (Å²) in [5.74, 6) is -4.13. The van der Waals surface area contributed by atoms with Crippen LogP contribution in [0, 0.1) is 18.7 Å². The number of ether oxygens (including phenoxy) is 2. The molecule has 0 radical (unpaired) electrons. The van der Waals surface area contributed by atoms with Crippen molar-refractivity contribution >= 4 is 23.4 Å². The van der Waals surface area contributed by atoms with Crippen LogP contribution in [0.1, 0.15) is 29.7 Å². The molecule has 5 rings (SSSR count). The predicted molar refractivity (Wildman–Crippen MR) is 126 cm³/mol. The first-order chi connectivity index (χ1) is 16.2. The molecule has 3 aliphatic rings. The fourth-order valence-corrected chi connectivity index (χ4v) is 7.11. The minimum absolute atomic E-state index is 0.285. The van der Waals surface area contributed by atoms with Crippen LogP contribution in [0.15, 0.2) is 34.8 Å². The Kier molecular flexibility index (Phi) is 6.52. The average molecular weight is 514 g/mol. The SMILES string of the molecule is COCc1cccc(F)c1-n1cc(CN2CCC3(CC2)OCC(F)(F)C2C=C(Cl)SC23)c(C)n1. The summed E-state index contributed by atoms with van der Waals surface area (Å²) in [6.45, 7) is 3.71. The molecule has 34 heavy (non-hydrogen) atoms. The van der Waals surface area contributed by atoms with Crippen molar-refractivity contribution in [3.63, 3.8) is 0 Å². The van der Waals surface area contributed by atoms with Crippen molar-refractivity contribution in [2.75, 3.05) is 26.8 Å². The topological polar surface area (TPSA) is 39.5 Å². The molecule has 2 unspecified atom stereocenters. The number of thioether (sulfide) groups is 1. The number of aromatic nitrogens is 2. The van der Waals surface area contributed by atoms with Crippen LogP contribution in [-0.4, -0.2) is 58.3 Å². The molecule has 3 aliphatic heterocycles. The number of alkyl halides is 2.